The van der Waals surface area contributed by atoms with E-state index in [0.29, 0.717) is 25.9 Å². The monoisotopic (exact) mass is 408 g/mol. The van der Waals surface area contributed by atoms with Crippen molar-refractivity contribution in [3.63, 3.8) is 0 Å². The van der Waals surface area contributed by atoms with Crippen molar-refractivity contribution in [2.24, 2.45) is 11.8 Å². The van der Waals surface area contributed by atoms with Gasteiger partial charge < -0.3 is 20.1 Å². The summed E-state index contributed by atoms with van der Waals surface area (Å²) < 4.78 is 5.44. The van der Waals surface area contributed by atoms with E-state index in [-0.39, 0.29) is 18.8 Å². The van der Waals surface area contributed by atoms with Crippen LogP contribution in [0.15, 0.2) is 24.3 Å². The van der Waals surface area contributed by atoms with Crippen LogP contribution in [0, 0.1) is 11.8 Å². The summed E-state index contributed by atoms with van der Waals surface area (Å²) in [6.45, 7) is 2.49. The highest BCUT2D eigenvalue weighted by Gasteiger charge is 2.25. The third kappa shape index (κ3) is 11.1. The van der Waals surface area contributed by atoms with Gasteiger partial charge in [-0.15, -0.1) is 0 Å². The fraction of sp³-hybridized carbons (Fsp3) is 0.591. The van der Waals surface area contributed by atoms with Gasteiger partial charge in [0, 0.05) is 6.42 Å². The van der Waals surface area contributed by atoms with Gasteiger partial charge in [-0.2, -0.15) is 0 Å². The molecule has 1 aromatic carbocycles. The van der Waals surface area contributed by atoms with Crippen LogP contribution in [0.25, 0.3) is 0 Å². The van der Waals surface area contributed by atoms with Crippen LogP contribution in [0.5, 0.6) is 5.75 Å². The Labute approximate surface area is 171 Å². The number of benzene rings is 1. The Morgan fingerprint density at radius 1 is 0.931 bits per heavy atom. The fourth-order valence-electron chi connectivity index (χ4n) is 3.47. The molecule has 0 aliphatic carbocycles. The second kappa shape index (κ2) is 13.6. The predicted octanol–water partition coefficient (Wildman–Crippen LogP) is 4.23. The van der Waals surface area contributed by atoms with Gasteiger partial charge in [-0.25, -0.2) is 0 Å². The zero-order valence-corrected chi connectivity index (χ0v) is 17.0. The number of carboxylic acids is 3. The summed E-state index contributed by atoms with van der Waals surface area (Å²) >= 11 is 0. The van der Waals surface area contributed by atoms with E-state index < -0.39 is 23.8 Å². The van der Waals surface area contributed by atoms with Crippen molar-refractivity contribution in [3.8, 4) is 5.75 Å². The number of carboxylic acid groups (broad SMARTS) is 3. The van der Waals surface area contributed by atoms with Crippen molar-refractivity contribution in [2.45, 2.75) is 64.7 Å². The van der Waals surface area contributed by atoms with Gasteiger partial charge in [-0.3, -0.25) is 14.4 Å². The minimum absolute atomic E-state index is 0.0490. The summed E-state index contributed by atoms with van der Waals surface area (Å²) in [5.74, 6) is -3.06. The molecular weight excluding hydrogens is 376 g/mol. The molecule has 1 rings (SSSR count). The van der Waals surface area contributed by atoms with Crippen LogP contribution in [0.3, 0.4) is 0 Å². The zero-order chi connectivity index (χ0) is 21.6. The Hall–Kier alpha value is -2.57. The molecule has 7 nitrogen and oxygen atoms in total. The normalized spacial score (nSPS) is 12.9. The molecule has 162 valence electrons. The Bertz CT molecular complexity index is 639. The average molecular weight is 408 g/mol. The molecule has 0 heterocycles. The molecule has 2 atom stereocenters. The first kappa shape index (κ1) is 24.5. The number of hydrogen-bond donors (Lipinski definition) is 3. The first-order chi connectivity index (χ1) is 13.8. The minimum Gasteiger partial charge on any atom is -0.494 e. The van der Waals surface area contributed by atoms with Crippen molar-refractivity contribution in [3.05, 3.63) is 29.8 Å². The summed E-state index contributed by atoms with van der Waals surface area (Å²) in [5.41, 5.74) is 1.06. The molecule has 0 radical (unpaired) electrons. The summed E-state index contributed by atoms with van der Waals surface area (Å²) in [4.78, 5) is 33.1. The highest BCUT2D eigenvalue weighted by molar-refractivity contribution is 5.77. The van der Waals surface area contributed by atoms with Crippen molar-refractivity contribution >= 4 is 17.9 Å². The molecule has 0 amide bonds. The SMILES string of the molecule is CCOc1ccc(CC(CCCCCCC(=O)O)CC(CC(=O)O)C(=O)O)cc1. The van der Waals surface area contributed by atoms with Crippen molar-refractivity contribution in [1.29, 1.82) is 0 Å². The average Bonchev–Trinajstić information content (AvgIpc) is 2.65. The Balaban J connectivity index is 2.68. The van der Waals surface area contributed by atoms with Crippen LogP contribution in [-0.4, -0.2) is 39.8 Å². The van der Waals surface area contributed by atoms with E-state index in [2.05, 4.69) is 0 Å². The maximum absolute atomic E-state index is 11.5. The molecule has 0 saturated heterocycles. The van der Waals surface area contributed by atoms with Gasteiger partial charge in [-0.05, 0) is 49.8 Å². The van der Waals surface area contributed by atoms with E-state index in [1.165, 1.54) is 0 Å². The van der Waals surface area contributed by atoms with Crippen molar-refractivity contribution < 1.29 is 34.4 Å². The Morgan fingerprint density at radius 3 is 2.14 bits per heavy atom. The lowest BCUT2D eigenvalue weighted by molar-refractivity contribution is -0.148. The molecule has 0 saturated carbocycles. The van der Waals surface area contributed by atoms with E-state index in [4.69, 9.17) is 14.9 Å². The second-order valence-electron chi connectivity index (χ2n) is 7.36. The zero-order valence-electron chi connectivity index (χ0n) is 17.0. The molecule has 0 aromatic heterocycles. The third-order valence-corrected chi connectivity index (χ3v) is 4.90. The van der Waals surface area contributed by atoms with Crippen LogP contribution in [0.1, 0.15) is 63.9 Å². The Morgan fingerprint density at radius 2 is 1.59 bits per heavy atom. The van der Waals surface area contributed by atoms with Gasteiger partial charge in [0.05, 0.1) is 18.9 Å². The standard InChI is InChI=1S/C22H32O7/c1-2-29-19-11-9-16(10-12-19)13-17(7-5-3-4-6-8-20(23)24)14-18(22(27)28)15-21(25)26/h9-12,17-18H,2-8,13-15H2,1H3,(H,23,24)(H,25,26)(H,27,28). The maximum Gasteiger partial charge on any atom is 0.307 e. The lowest BCUT2D eigenvalue weighted by Crippen LogP contribution is -2.22. The molecule has 2 unspecified atom stereocenters. The number of rotatable bonds is 16. The summed E-state index contributed by atoms with van der Waals surface area (Å²) in [6, 6.07) is 7.68. The summed E-state index contributed by atoms with van der Waals surface area (Å²) in [5, 5.41) is 27.1. The highest BCUT2D eigenvalue weighted by Crippen LogP contribution is 2.26. The van der Waals surface area contributed by atoms with E-state index in [9.17, 15) is 19.5 Å². The number of aliphatic carboxylic acids is 3. The topological polar surface area (TPSA) is 121 Å². The van der Waals surface area contributed by atoms with E-state index in [0.717, 1.165) is 37.0 Å². The molecule has 0 bridgehead atoms. The van der Waals surface area contributed by atoms with Crippen LogP contribution >= 0.6 is 0 Å². The molecular formula is C22H32O7. The van der Waals surface area contributed by atoms with Gasteiger partial charge in [0.1, 0.15) is 5.75 Å². The lowest BCUT2D eigenvalue weighted by Gasteiger charge is -2.21. The smallest absolute Gasteiger partial charge is 0.307 e. The van der Waals surface area contributed by atoms with E-state index in [1.807, 2.05) is 31.2 Å². The quantitative estimate of drug-likeness (QED) is 0.350. The van der Waals surface area contributed by atoms with E-state index >= 15 is 0 Å². The number of carbonyl (C=O) groups is 3. The first-order valence-corrected chi connectivity index (χ1v) is 10.2. The molecule has 1 aromatic rings. The molecule has 3 N–H and O–H groups in total. The summed E-state index contributed by atoms with van der Waals surface area (Å²) in [6.07, 6.45) is 4.74. The van der Waals surface area contributed by atoms with Gasteiger partial charge >= 0.3 is 17.9 Å². The van der Waals surface area contributed by atoms with Crippen LogP contribution in [0.4, 0.5) is 0 Å². The van der Waals surface area contributed by atoms with E-state index in [1.54, 1.807) is 0 Å². The fourth-order valence-corrected chi connectivity index (χ4v) is 3.47. The third-order valence-electron chi connectivity index (χ3n) is 4.90. The maximum atomic E-state index is 11.5. The Kier molecular flexibility index (Phi) is 11.5. The van der Waals surface area contributed by atoms with Gasteiger partial charge in [-0.1, -0.05) is 37.8 Å². The number of unbranched alkanes of at least 4 members (excludes halogenated alkanes) is 3. The molecule has 0 spiro atoms. The molecule has 0 aliphatic rings. The largest absolute Gasteiger partial charge is 0.494 e. The van der Waals surface area contributed by atoms with Crippen molar-refractivity contribution in [2.75, 3.05) is 6.61 Å². The molecule has 7 heteroatoms. The van der Waals surface area contributed by atoms with Crippen molar-refractivity contribution in [1.82, 2.24) is 0 Å². The molecule has 0 aliphatic heterocycles. The van der Waals surface area contributed by atoms with Gasteiger partial charge in [0.25, 0.3) is 0 Å². The number of ether oxygens (including phenoxy) is 1. The van der Waals surface area contributed by atoms with Gasteiger partial charge in [0.2, 0.25) is 0 Å². The second-order valence-corrected chi connectivity index (χ2v) is 7.36. The number of hydrogen-bond acceptors (Lipinski definition) is 4. The van der Waals surface area contributed by atoms with Crippen LogP contribution < -0.4 is 4.74 Å². The van der Waals surface area contributed by atoms with Gasteiger partial charge in [0.15, 0.2) is 0 Å². The highest BCUT2D eigenvalue weighted by atomic mass is 16.5. The van der Waals surface area contributed by atoms with Crippen LogP contribution in [0.2, 0.25) is 0 Å². The predicted molar refractivity (Wildman–Crippen MR) is 108 cm³/mol. The van der Waals surface area contributed by atoms with Crippen LogP contribution in [-0.2, 0) is 20.8 Å². The lowest BCUT2D eigenvalue weighted by atomic mass is 9.84. The summed E-state index contributed by atoms with van der Waals surface area (Å²) in [7, 11) is 0. The molecule has 0 fully saturated rings. The first-order valence-electron chi connectivity index (χ1n) is 10.2. The molecule has 29 heavy (non-hydrogen) atoms. The minimum atomic E-state index is -1.11.